The van der Waals surface area contributed by atoms with E-state index in [0.29, 0.717) is 24.0 Å². The molecule has 0 saturated heterocycles. The van der Waals surface area contributed by atoms with Crippen LogP contribution in [0, 0.1) is 0 Å². The highest BCUT2D eigenvalue weighted by Crippen LogP contribution is 2.09. The van der Waals surface area contributed by atoms with Gasteiger partial charge >= 0.3 is 0 Å². The number of rotatable bonds is 4. The minimum absolute atomic E-state index is 0.101. The third-order valence-electron chi connectivity index (χ3n) is 2.17. The van der Waals surface area contributed by atoms with E-state index in [-0.39, 0.29) is 5.54 Å². The molecule has 0 radical (unpaired) electrons. The lowest BCUT2D eigenvalue weighted by Gasteiger charge is -2.19. The van der Waals surface area contributed by atoms with E-state index in [9.17, 15) is 0 Å². The summed E-state index contributed by atoms with van der Waals surface area (Å²) < 4.78 is 5.14. The van der Waals surface area contributed by atoms with Crippen LogP contribution in [0.3, 0.4) is 0 Å². The average Bonchev–Trinajstić information content (AvgIpc) is 2.83. The molecule has 0 aliphatic carbocycles. The van der Waals surface area contributed by atoms with E-state index < -0.39 is 0 Å². The zero-order valence-corrected chi connectivity index (χ0v) is 10.3. The molecule has 2 aromatic rings. The van der Waals surface area contributed by atoms with Crippen LogP contribution in [0.2, 0.25) is 0 Å². The molecule has 17 heavy (non-hydrogen) atoms. The normalized spacial score (nSPS) is 11.9. The summed E-state index contributed by atoms with van der Waals surface area (Å²) in [6.07, 6.45) is 4.10. The molecule has 2 heterocycles. The van der Waals surface area contributed by atoms with Crippen LogP contribution in [0.15, 0.2) is 16.9 Å². The quantitative estimate of drug-likeness (QED) is 0.837. The first-order chi connectivity index (χ1) is 8.04. The minimum atomic E-state index is 0.101. The predicted octanol–water partition coefficient (Wildman–Crippen LogP) is 1.39. The average molecular weight is 235 g/mol. The summed E-state index contributed by atoms with van der Waals surface area (Å²) in [5, 5.41) is 7.23. The molecule has 0 saturated carbocycles. The molecule has 0 amide bonds. The van der Waals surface area contributed by atoms with Gasteiger partial charge in [-0.2, -0.15) is 4.98 Å². The van der Waals surface area contributed by atoms with Crippen LogP contribution in [-0.2, 0) is 6.42 Å². The van der Waals surface area contributed by atoms with Gasteiger partial charge in [0.25, 0.3) is 0 Å². The van der Waals surface area contributed by atoms with Gasteiger partial charge in [0.1, 0.15) is 0 Å². The maximum Gasteiger partial charge on any atom is 0.238 e. The Morgan fingerprint density at radius 1 is 1.41 bits per heavy atom. The summed E-state index contributed by atoms with van der Waals surface area (Å²) in [5.74, 6) is 1.75. The SMILES string of the molecule is CC(C)(C)NCCc1nc(-c2ncc[nH]2)no1. The van der Waals surface area contributed by atoms with E-state index in [1.165, 1.54) is 0 Å². The Balaban J connectivity index is 1.91. The molecule has 6 nitrogen and oxygen atoms in total. The van der Waals surface area contributed by atoms with Crippen molar-refractivity contribution >= 4 is 0 Å². The molecule has 2 N–H and O–H groups in total. The molecule has 6 heteroatoms. The van der Waals surface area contributed by atoms with Crippen LogP contribution in [0.25, 0.3) is 11.6 Å². The molecule has 0 spiro atoms. The Hall–Kier alpha value is -1.69. The van der Waals surface area contributed by atoms with E-state index in [1.807, 2.05) is 0 Å². The van der Waals surface area contributed by atoms with Crippen LogP contribution < -0.4 is 5.32 Å². The Labute approximate surface area is 99.8 Å². The topological polar surface area (TPSA) is 79.6 Å². The minimum Gasteiger partial charge on any atom is -0.342 e. The van der Waals surface area contributed by atoms with Crippen molar-refractivity contribution < 1.29 is 4.52 Å². The molecular weight excluding hydrogens is 218 g/mol. The fourth-order valence-corrected chi connectivity index (χ4v) is 1.38. The van der Waals surface area contributed by atoms with Crippen molar-refractivity contribution in [3.8, 4) is 11.6 Å². The van der Waals surface area contributed by atoms with Crippen molar-refractivity contribution in [2.75, 3.05) is 6.54 Å². The van der Waals surface area contributed by atoms with E-state index in [1.54, 1.807) is 12.4 Å². The zero-order chi connectivity index (χ0) is 12.3. The van der Waals surface area contributed by atoms with Gasteiger partial charge in [0.15, 0.2) is 5.82 Å². The smallest absolute Gasteiger partial charge is 0.238 e. The van der Waals surface area contributed by atoms with Gasteiger partial charge in [0.2, 0.25) is 11.7 Å². The molecule has 92 valence electrons. The zero-order valence-electron chi connectivity index (χ0n) is 10.3. The Kier molecular flexibility index (Phi) is 3.23. The maximum absolute atomic E-state index is 5.14. The van der Waals surface area contributed by atoms with Gasteiger partial charge in [-0.25, -0.2) is 4.98 Å². The van der Waals surface area contributed by atoms with Crippen molar-refractivity contribution in [2.45, 2.75) is 32.7 Å². The van der Waals surface area contributed by atoms with Crippen LogP contribution in [0.4, 0.5) is 0 Å². The summed E-state index contributed by atoms with van der Waals surface area (Å²) in [6, 6.07) is 0. The van der Waals surface area contributed by atoms with E-state index >= 15 is 0 Å². The number of nitrogens with one attached hydrogen (secondary N) is 2. The lowest BCUT2D eigenvalue weighted by Crippen LogP contribution is -2.37. The number of nitrogens with zero attached hydrogens (tertiary/aromatic N) is 3. The monoisotopic (exact) mass is 235 g/mol. The number of imidazole rings is 1. The third-order valence-corrected chi connectivity index (χ3v) is 2.17. The van der Waals surface area contributed by atoms with Crippen LogP contribution in [-0.4, -0.2) is 32.2 Å². The van der Waals surface area contributed by atoms with Crippen molar-refractivity contribution in [1.82, 2.24) is 25.4 Å². The summed E-state index contributed by atoms with van der Waals surface area (Å²) >= 11 is 0. The first kappa shape index (κ1) is 11.8. The number of H-pyrrole nitrogens is 1. The molecule has 2 aromatic heterocycles. The molecule has 0 aliphatic heterocycles. The van der Waals surface area contributed by atoms with Gasteiger partial charge in [-0.1, -0.05) is 5.16 Å². The molecule has 0 aromatic carbocycles. The fourth-order valence-electron chi connectivity index (χ4n) is 1.38. The van der Waals surface area contributed by atoms with E-state index in [4.69, 9.17) is 4.52 Å². The number of aromatic amines is 1. The standard InChI is InChI=1S/C11H17N5O/c1-11(2,3)14-5-4-8-15-10(16-17-8)9-12-6-7-13-9/h6-7,14H,4-5H2,1-3H3,(H,12,13). The molecule has 0 bridgehead atoms. The Morgan fingerprint density at radius 3 is 2.88 bits per heavy atom. The van der Waals surface area contributed by atoms with Crippen molar-refractivity contribution in [3.05, 3.63) is 18.3 Å². The van der Waals surface area contributed by atoms with Crippen LogP contribution >= 0.6 is 0 Å². The van der Waals surface area contributed by atoms with Crippen molar-refractivity contribution in [1.29, 1.82) is 0 Å². The van der Waals surface area contributed by atoms with Gasteiger partial charge < -0.3 is 14.8 Å². The second kappa shape index (κ2) is 4.67. The number of hydrogen-bond acceptors (Lipinski definition) is 5. The lowest BCUT2D eigenvalue weighted by molar-refractivity contribution is 0.362. The van der Waals surface area contributed by atoms with Gasteiger partial charge in [-0.15, -0.1) is 0 Å². The maximum atomic E-state index is 5.14. The van der Waals surface area contributed by atoms with Gasteiger partial charge in [-0.3, -0.25) is 0 Å². The highest BCUT2D eigenvalue weighted by atomic mass is 16.5. The predicted molar refractivity (Wildman–Crippen MR) is 63.3 cm³/mol. The molecule has 2 rings (SSSR count). The van der Waals surface area contributed by atoms with Gasteiger partial charge in [0.05, 0.1) is 0 Å². The van der Waals surface area contributed by atoms with Crippen LogP contribution in [0.5, 0.6) is 0 Å². The van der Waals surface area contributed by atoms with Gasteiger partial charge in [0, 0.05) is 30.9 Å². The molecule has 0 atom stereocenters. The van der Waals surface area contributed by atoms with Crippen molar-refractivity contribution in [3.63, 3.8) is 0 Å². The van der Waals surface area contributed by atoms with Crippen LogP contribution in [0.1, 0.15) is 26.7 Å². The summed E-state index contributed by atoms with van der Waals surface area (Å²) in [5.41, 5.74) is 0.101. The van der Waals surface area contributed by atoms with E-state index in [0.717, 1.165) is 6.54 Å². The Morgan fingerprint density at radius 2 is 2.24 bits per heavy atom. The third kappa shape index (κ3) is 3.39. The molecule has 0 aliphatic rings. The van der Waals surface area contributed by atoms with Gasteiger partial charge in [-0.05, 0) is 20.8 Å². The number of hydrogen-bond donors (Lipinski definition) is 2. The highest BCUT2D eigenvalue weighted by Gasteiger charge is 2.12. The highest BCUT2D eigenvalue weighted by molar-refractivity contribution is 5.40. The summed E-state index contributed by atoms with van der Waals surface area (Å²) in [4.78, 5) is 11.3. The summed E-state index contributed by atoms with van der Waals surface area (Å²) in [6.45, 7) is 7.17. The second-order valence-electron chi connectivity index (χ2n) is 4.88. The second-order valence-corrected chi connectivity index (χ2v) is 4.88. The first-order valence-corrected chi connectivity index (χ1v) is 5.62. The van der Waals surface area contributed by atoms with E-state index in [2.05, 4.69) is 46.2 Å². The molecule has 0 fully saturated rings. The molecule has 0 unspecified atom stereocenters. The molecular formula is C11H17N5O. The largest absolute Gasteiger partial charge is 0.342 e. The lowest BCUT2D eigenvalue weighted by atomic mass is 10.1. The number of aromatic nitrogens is 4. The summed E-state index contributed by atoms with van der Waals surface area (Å²) in [7, 11) is 0. The van der Waals surface area contributed by atoms with Crippen molar-refractivity contribution in [2.24, 2.45) is 0 Å². The first-order valence-electron chi connectivity index (χ1n) is 5.62. The Bertz CT molecular complexity index is 454. The fraction of sp³-hybridized carbons (Fsp3) is 0.545.